The Kier molecular flexibility index (Phi) is 3.68. The fraction of sp³-hybridized carbons (Fsp3) is 1.00. The topological polar surface area (TPSA) is 29.3 Å². The van der Waals surface area contributed by atoms with Crippen LogP contribution in [0.25, 0.3) is 0 Å². The molecule has 0 heterocycles. The van der Waals surface area contributed by atoms with Gasteiger partial charge in [0, 0.05) is 13.1 Å². The van der Waals surface area contributed by atoms with Gasteiger partial charge in [-0.3, -0.25) is 0 Å². The second-order valence-corrected chi connectivity index (χ2v) is 7.54. The van der Waals surface area contributed by atoms with Crippen molar-refractivity contribution in [1.82, 2.24) is 4.90 Å². The smallest absolute Gasteiger partial charge is 0.00471 e. The molecule has 3 saturated carbocycles. The molecule has 3 atom stereocenters. The molecule has 104 valence electrons. The minimum Gasteiger partial charge on any atom is -0.330 e. The van der Waals surface area contributed by atoms with Crippen LogP contribution in [0, 0.1) is 23.2 Å². The van der Waals surface area contributed by atoms with Gasteiger partial charge < -0.3 is 10.6 Å². The van der Waals surface area contributed by atoms with Gasteiger partial charge in [-0.25, -0.2) is 0 Å². The summed E-state index contributed by atoms with van der Waals surface area (Å²) in [6, 6.07) is 0. The predicted octanol–water partition coefficient (Wildman–Crippen LogP) is 2.87. The molecule has 0 aromatic heterocycles. The fourth-order valence-corrected chi connectivity index (χ4v) is 5.19. The van der Waals surface area contributed by atoms with Crippen molar-refractivity contribution < 1.29 is 0 Å². The Morgan fingerprint density at radius 3 is 2.50 bits per heavy atom. The van der Waals surface area contributed by atoms with E-state index in [1.807, 2.05) is 0 Å². The van der Waals surface area contributed by atoms with E-state index in [0.717, 1.165) is 24.3 Å². The molecule has 0 aliphatic heterocycles. The highest BCUT2D eigenvalue weighted by molar-refractivity contribution is 4.93. The van der Waals surface area contributed by atoms with E-state index in [2.05, 4.69) is 11.9 Å². The number of fused-ring (bicyclic) bond motifs is 2. The molecule has 0 aromatic carbocycles. The molecule has 3 rings (SSSR count). The van der Waals surface area contributed by atoms with E-state index in [9.17, 15) is 0 Å². The summed E-state index contributed by atoms with van der Waals surface area (Å²) in [4.78, 5) is 2.61. The quantitative estimate of drug-likeness (QED) is 0.813. The van der Waals surface area contributed by atoms with Gasteiger partial charge in [0.05, 0.1) is 0 Å². The van der Waals surface area contributed by atoms with Crippen molar-refractivity contribution in [3.63, 3.8) is 0 Å². The fourth-order valence-electron chi connectivity index (χ4n) is 5.19. The molecule has 3 fully saturated rings. The zero-order valence-corrected chi connectivity index (χ0v) is 12.0. The summed E-state index contributed by atoms with van der Waals surface area (Å²) in [5.74, 6) is 3.16. The van der Waals surface area contributed by atoms with Crippen LogP contribution in [0.1, 0.15) is 51.4 Å². The van der Waals surface area contributed by atoms with Crippen molar-refractivity contribution in [3.8, 4) is 0 Å². The molecule has 0 radical (unpaired) electrons. The summed E-state index contributed by atoms with van der Waals surface area (Å²) in [6.45, 7) is 3.48. The first kappa shape index (κ1) is 12.9. The molecule has 2 heteroatoms. The van der Waals surface area contributed by atoms with Gasteiger partial charge in [-0.1, -0.05) is 19.3 Å². The number of rotatable bonds is 5. The zero-order chi connectivity index (χ0) is 12.6. The molecular weight excluding hydrogens is 220 g/mol. The molecule has 3 unspecified atom stereocenters. The van der Waals surface area contributed by atoms with E-state index in [0.29, 0.717) is 5.41 Å². The molecular formula is C16H30N2. The lowest BCUT2D eigenvalue weighted by Crippen LogP contribution is -2.41. The maximum atomic E-state index is 6.06. The van der Waals surface area contributed by atoms with E-state index in [1.54, 1.807) is 6.42 Å². The second-order valence-electron chi connectivity index (χ2n) is 7.54. The molecule has 0 aromatic rings. The number of hydrogen-bond acceptors (Lipinski definition) is 2. The van der Waals surface area contributed by atoms with Gasteiger partial charge in [0.25, 0.3) is 0 Å². The van der Waals surface area contributed by atoms with Crippen molar-refractivity contribution in [1.29, 1.82) is 0 Å². The Morgan fingerprint density at radius 2 is 1.94 bits per heavy atom. The molecule has 3 aliphatic rings. The highest BCUT2D eigenvalue weighted by Crippen LogP contribution is 2.48. The molecule has 2 nitrogen and oxygen atoms in total. The first-order chi connectivity index (χ1) is 8.71. The lowest BCUT2D eigenvalue weighted by Gasteiger charge is -2.35. The first-order valence-corrected chi connectivity index (χ1v) is 8.09. The van der Waals surface area contributed by atoms with E-state index in [-0.39, 0.29) is 0 Å². The summed E-state index contributed by atoms with van der Waals surface area (Å²) in [6.07, 6.45) is 11.6. The Labute approximate surface area is 112 Å². The Morgan fingerprint density at radius 1 is 1.17 bits per heavy atom. The number of hydrogen-bond donors (Lipinski definition) is 1. The maximum Gasteiger partial charge on any atom is 0.00471 e. The van der Waals surface area contributed by atoms with Gasteiger partial charge >= 0.3 is 0 Å². The number of nitrogens with two attached hydrogens (primary N) is 1. The van der Waals surface area contributed by atoms with Crippen LogP contribution in [0.15, 0.2) is 0 Å². The Bertz CT molecular complexity index is 283. The average Bonchev–Trinajstić information content (AvgIpc) is 3.04. The summed E-state index contributed by atoms with van der Waals surface area (Å²) < 4.78 is 0. The van der Waals surface area contributed by atoms with Crippen LogP contribution in [0.2, 0.25) is 0 Å². The Balaban J connectivity index is 1.51. The van der Waals surface area contributed by atoms with Crippen LogP contribution in [0.4, 0.5) is 0 Å². The molecule has 2 bridgehead atoms. The average molecular weight is 250 g/mol. The number of nitrogens with zero attached hydrogens (tertiary/aromatic N) is 1. The van der Waals surface area contributed by atoms with Crippen LogP contribution >= 0.6 is 0 Å². The Hall–Kier alpha value is -0.0800. The maximum absolute atomic E-state index is 6.06. The highest BCUT2D eigenvalue weighted by Gasteiger charge is 2.40. The van der Waals surface area contributed by atoms with Gasteiger partial charge in [-0.2, -0.15) is 0 Å². The van der Waals surface area contributed by atoms with Crippen molar-refractivity contribution in [2.24, 2.45) is 28.9 Å². The minimum absolute atomic E-state index is 0.465. The normalized spacial score (nSPS) is 37.8. The molecule has 18 heavy (non-hydrogen) atoms. The highest BCUT2D eigenvalue weighted by atomic mass is 15.1. The third-order valence-electron chi connectivity index (χ3n) is 6.13. The molecule has 0 saturated heterocycles. The van der Waals surface area contributed by atoms with Gasteiger partial charge in [0.15, 0.2) is 0 Å². The van der Waals surface area contributed by atoms with Crippen molar-refractivity contribution in [2.45, 2.75) is 51.4 Å². The minimum atomic E-state index is 0.465. The monoisotopic (exact) mass is 250 g/mol. The molecule has 0 amide bonds. The third kappa shape index (κ3) is 2.46. The lowest BCUT2D eigenvalue weighted by molar-refractivity contribution is 0.147. The standard InChI is InChI=1S/C16H30N2/c1-18(12-16(11-17)6-2-3-7-16)10-15-9-13-4-5-14(15)8-13/h13-15H,2-12,17H2,1H3. The predicted molar refractivity (Wildman–Crippen MR) is 76.4 cm³/mol. The summed E-state index contributed by atoms with van der Waals surface area (Å²) in [5.41, 5.74) is 6.52. The van der Waals surface area contributed by atoms with E-state index >= 15 is 0 Å². The van der Waals surface area contributed by atoms with Crippen LogP contribution in [-0.4, -0.2) is 31.6 Å². The largest absolute Gasteiger partial charge is 0.330 e. The van der Waals surface area contributed by atoms with Crippen LogP contribution < -0.4 is 5.73 Å². The van der Waals surface area contributed by atoms with Crippen LogP contribution in [0.3, 0.4) is 0 Å². The molecule has 0 spiro atoms. The van der Waals surface area contributed by atoms with Crippen molar-refractivity contribution in [3.05, 3.63) is 0 Å². The second kappa shape index (κ2) is 5.13. The van der Waals surface area contributed by atoms with Crippen LogP contribution in [0.5, 0.6) is 0 Å². The zero-order valence-electron chi connectivity index (χ0n) is 12.0. The van der Waals surface area contributed by atoms with Crippen molar-refractivity contribution >= 4 is 0 Å². The molecule has 2 N–H and O–H groups in total. The third-order valence-corrected chi connectivity index (χ3v) is 6.13. The SMILES string of the molecule is CN(CC1CC2CCC1C2)CC1(CN)CCCC1. The summed E-state index contributed by atoms with van der Waals surface area (Å²) in [7, 11) is 2.34. The van der Waals surface area contributed by atoms with Gasteiger partial charge in [0.2, 0.25) is 0 Å². The van der Waals surface area contributed by atoms with Crippen LogP contribution in [-0.2, 0) is 0 Å². The lowest BCUT2D eigenvalue weighted by atomic mass is 9.84. The molecule has 3 aliphatic carbocycles. The van der Waals surface area contributed by atoms with Gasteiger partial charge in [-0.15, -0.1) is 0 Å². The first-order valence-electron chi connectivity index (χ1n) is 8.09. The summed E-state index contributed by atoms with van der Waals surface area (Å²) >= 11 is 0. The summed E-state index contributed by atoms with van der Waals surface area (Å²) in [5, 5.41) is 0. The van der Waals surface area contributed by atoms with Crippen molar-refractivity contribution in [2.75, 3.05) is 26.7 Å². The van der Waals surface area contributed by atoms with E-state index in [1.165, 1.54) is 58.0 Å². The van der Waals surface area contributed by atoms with Gasteiger partial charge in [-0.05, 0) is 68.9 Å². The van der Waals surface area contributed by atoms with Gasteiger partial charge in [0.1, 0.15) is 0 Å². The van der Waals surface area contributed by atoms with E-state index < -0.39 is 0 Å². The van der Waals surface area contributed by atoms with E-state index in [4.69, 9.17) is 5.73 Å².